The molecule has 2 saturated heterocycles. The van der Waals surface area contributed by atoms with Gasteiger partial charge in [0.2, 0.25) is 11.8 Å². The molecule has 0 aromatic carbocycles. The van der Waals surface area contributed by atoms with E-state index in [0.29, 0.717) is 26.1 Å². The van der Waals surface area contributed by atoms with Crippen molar-refractivity contribution in [2.75, 3.05) is 52.4 Å². The zero-order chi connectivity index (χ0) is 19.4. The topological polar surface area (TPSA) is 82.2 Å². The molecule has 3 rings (SSSR count). The van der Waals surface area contributed by atoms with Gasteiger partial charge in [-0.25, -0.2) is 4.79 Å². The average molecular weight is 380 g/mol. The van der Waals surface area contributed by atoms with Gasteiger partial charge in [-0.15, -0.1) is 0 Å². The number of piperazine rings is 1. The predicted octanol–water partition coefficient (Wildman–Crippen LogP) is 0.524. The molecule has 8 nitrogen and oxygen atoms in total. The Bertz CT molecular complexity index is 554. The third-order valence-electron chi connectivity index (χ3n) is 5.94. The fourth-order valence-corrected chi connectivity index (χ4v) is 4.01. The van der Waals surface area contributed by atoms with E-state index in [0.717, 1.165) is 45.6 Å². The molecule has 27 heavy (non-hydrogen) atoms. The minimum atomic E-state index is -0.279. The van der Waals surface area contributed by atoms with Crippen LogP contribution >= 0.6 is 0 Å². The van der Waals surface area contributed by atoms with Gasteiger partial charge < -0.3 is 24.8 Å². The molecule has 2 atom stereocenters. The van der Waals surface area contributed by atoms with E-state index in [1.165, 1.54) is 0 Å². The quantitative estimate of drug-likeness (QED) is 0.752. The lowest BCUT2D eigenvalue weighted by Gasteiger charge is -2.34. The Labute approximate surface area is 161 Å². The van der Waals surface area contributed by atoms with E-state index in [9.17, 15) is 14.4 Å². The van der Waals surface area contributed by atoms with Gasteiger partial charge >= 0.3 is 6.09 Å². The van der Waals surface area contributed by atoms with Crippen molar-refractivity contribution in [2.45, 2.75) is 39.2 Å². The van der Waals surface area contributed by atoms with Crippen molar-refractivity contribution in [1.29, 1.82) is 0 Å². The van der Waals surface area contributed by atoms with Crippen LogP contribution in [0.2, 0.25) is 0 Å². The smallest absolute Gasteiger partial charge is 0.409 e. The molecule has 1 aliphatic carbocycles. The Hall–Kier alpha value is -1.83. The van der Waals surface area contributed by atoms with E-state index in [2.05, 4.69) is 17.1 Å². The van der Waals surface area contributed by atoms with Crippen molar-refractivity contribution in [2.24, 2.45) is 11.8 Å². The van der Waals surface area contributed by atoms with Crippen molar-refractivity contribution in [3.63, 3.8) is 0 Å². The van der Waals surface area contributed by atoms with Gasteiger partial charge in [0.05, 0.1) is 18.4 Å². The predicted molar refractivity (Wildman–Crippen MR) is 100 cm³/mol. The fraction of sp³-hybridized carbons (Fsp3) is 0.842. The lowest BCUT2D eigenvalue weighted by molar-refractivity contribution is -0.136. The third kappa shape index (κ3) is 4.91. The average Bonchev–Trinajstić information content (AvgIpc) is 3.49. The van der Waals surface area contributed by atoms with Gasteiger partial charge in [0, 0.05) is 45.3 Å². The van der Waals surface area contributed by atoms with Crippen LogP contribution in [0.25, 0.3) is 0 Å². The third-order valence-corrected chi connectivity index (χ3v) is 5.94. The first kappa shape index (κ1) is 19.9. The number of amides is 3. The van der Waals surface area contributed by atoms with Crippen molar-refractivity contribution < 1.29 is 19.1 Å². The Kier molecular flexibility index (Phi) is 6.57. The van der Waals surface area contributed by atoms with Crippen LogP contribution in [0, 0.1) is 11.8 Å². The first-order valence-electron chi connectivity index (χ1n) is 10.3. The molecule has 0 spiro atoms. The number of likely N-dealkylation sites (N-methyl/N-ethyl adjacent to an activating group) is 1. The second-order valence-corrected chi connectivity index (χ2v) is 7.68. The van der Waals surface area contributed by atoms with Crippen LogP contribution in [0.5, 0.6) is 0 Å². The highest BCUT2D eigenvalue weighted by molar-refractivity contribution is 5.92. The van der Waals surface area contributed by atoms with Gasteiger partial charge in [-0.05, 0) is 32.7 Å². The van der Waals surface area contributed by atoms with E-state index in [-0.39, 0.29) is 35.8 Å². The summed E-state index contributed by atoms with van der Waals surface area (Å²) in [6, 6.07) is 0.0765. The molecule has 3 fully saturated rings. The second-order valence-electron chi connectivity index (χ2n) is 7.68. The summed E-state index contributed by atoms with van der Waals surface area (Å²) >= 11 is 0. The molecular weight excluding hydrogens is 348 g/mol. The lowest BCUT2D eigenvalue weighted by atomic mass is 10.0. The van der Waals surface area contributed by atoms with Gasteiger partial charge in [0.15, 0.2) is 0 Å². The van der Waals surface area contributed by atoms with Crippen molar-refractivity contribution in [3.05, 3.63) is 0 Å². The Balaban J connectivity index is 1.38. The molecule has 152 valence electrons. The fourth-order valence-electron chi connectivity index (χ4n) is 4.01. The van der Waals surface area contributed by atoms with E-state index in [4.69, 9.17) is 4.74 Å². The number of rotatable bonds is 5. The van der Waals surface area contributed by atoms with Crippen molar-refractivity contribution in [1.82, 2.24) is 20.0 Å². The Morgan fingerprint density at radius 2 is 1.59 bits per heavy atom. The zero-order valence-corrected chi connectivity index (χ0v) is 16.5. The molecule has 3 aliphatic rings. The molecule has 0 aromatic rings. The minimum absolute atomic E-state index is 0.00451. The van der Waals surface area contributed by atoms with Crippen LogP contribution in [0.15, 0.2) is 0 Å². The lowest BCUT2D eigenvalue weighted by Crippen LogP contribution is -2.49. The Morgan fingerprint density at radius 1 is 0.926 bits per heavy atom. The van der Waals surface area contributed by atoms with Crippen LogP contribution in [0.4, 0.5) is 4.79 Å². The highest BCUT2D eigenvalue weighted by atomic mass is 16.6. The summed E-state index contributed by atoms with van der Waals surface area (Å²) in [7, 11) is 0. The molecule has 1 saturated carbocycles. The molecule has 2 aliphatic heterocycles. The minimum Gasteiger partial charge on any atom is -0.450 e. The van der Waals surface area contributed by atoms with Gasteiger partial charge in [-0.3, -0.25) is 9.59 Å². The van der Waals surface area contributed by atoms with Gasteiger partial charge in [0.25, 0.3) is 0 Å². The number of carbonyl (C=O) groups is 3. The molecule has 8 heteroatoms. The molecule has 0 radical (unpaired) electrons. The molecule has 2 unspecified atom stereocenters. The van der Waals surface area contributed by atoms with E-state index in [1.807, 2.05) is 4.90 Å². The summed E-state index contributed by atoms with van der Waals surface area (Å²) in [6.07, 6.45) is 1.85. The molecule has 2 heterocycles. The molecule has 3 amide bonds. The highest BCUT2D eigenvalue weighted by Crippen LogP contribution is 2.40. The summed E-state index contributed by atoms with van der Waals surface area (Å²) in [5.74, 6) is -0.180. The van der Waals surface area contributed by atoms with Gasteiger partial charge in [0.1, 0.15) is 0 Å². The van der Waals surface area contributed by atoms with E-state index < -0.39 is 0 Å². The maximum atomic E-state index is 12.6. The number of nitrogens with zero attached hydrogens (tertiary/aromatic N) is 3. The van der Waals surface area contributed by atoms with E-state index in [1.54, 1.807) is 11.8 Å². The van der Waals surface area contributed by atoms with Crippen LogP contribution in [-0.4, -0.2) is 91.1 Å². The van der Waals surface area contributed by atoms with Crippen molar-refractivity contribution >= 4 is 17.9 Å². The maximum Gasteiger partial charge on any atom is 0.409 e. The van der Waals surface area contributed by atoms with E-state index >= 15 is 0 Å². The first-order valence-corrected chi connectivity index (χ1v) is 10.3. The number of hydrogen-bond acceptors (Lipinski definition) is 5. The summed E-state index contributed by atoms with van der Waals surface area (Å²) in [4.78, 5) is 42.8. The Morgan fingerprint density at radius 3 is 2.19 bits per heavy atom. The monoisotopic (exact) mass is 380 g/mol. The number of hydrogen-bond donors (Lipinski definition) is 1. The van der Waals surface area contributed by atoms with Crippen LogP contribution < -0.4 is 5.32 Å². The van der Waals surface area contributed by atoms with Crippen LogP contribution in [0.1, 0.15) is 33.1 Å². The molecule has 1 N–H and O–H groups in total. The normalized spacial score (nSPS) is 26.6. The molecule has 0 bridgehead atoms. The SMILES string of the molecule is CCOC(=O)N1CCC(NC(=O)C2CC2C(=O)N2CCN(CC)CC2)CC1. The van der Waals surface area contributed by atoms with Crippen LogP contribution in [0.3, 0.4) is 0 Å². The molecular formula is C19H32N4O4. The van der Waals surface area contributed by atoms with Gasteiger partial charge in [-0.2, -0.15) is 0 Å². The number of piperidine rings is 1. The highest BCUT2D eigenvalue weighted by Gasteiger charge is 2.50. The number of carbonyl (C=O) groups excluding carboxylic acids is 3. The number of nitrogens with one attached hydrogen (secondary N) is 1. The maximum absolute atomic E-state index is 12.6. The molecule has 0 aromatic heterocycles. The summed E-state index contributed by atoms with van der Waals surface area (Å²) in [5.41, 5.74) is 0. The number of likely N-dealkylation sites (tertiary alicyclic amines) is 1. The zero-order valence-electron chi connectivity index (χ0n) is 16.5. The number of ether oxygens (including phenoxy) is 1. The van der Waals surface area contributed by atoms with Crippen LogP contribution in [-0.2, 0) is 14.3 Å². The second kappa shape index (κ2) is 8.91. The summed E-state index contributed by atoms with van der Waals surface area (Å²) < 4.78 is 5.01. The van der Waals surface area contributed by atoms with Gasteiger partial charge in [-0.1, -0.05) is 6.92 Å². The largest absolute Gasteiger partial charge is 0.450 e. The first-order chi connectivity index (χ1) is 13.0. The van der Waals surface area contributed by atoms with Crippen molar-refractivity contribution in [3.8, 4) is 0 Å². The summed E-state index contributed by atoms with van der Waals surface area (Å²) in [5, 5.41) is 3.08. The summed E-state index contributed by atoms with van der Waals surface area (Å²) in [6.45, 7) is 9.89. The standard InChI is InChI=1S/C19H32N4O4/c1-3-21-9-11-22(12-10-21)18(25)16-13-15(16)17(24)20-14-5-7-23(8-6-14)19(26)27-4-2/h14-16H,3-13H2,1-2H3,(H,20,24).